The fraction of sp³-hybridized carbons (Fsp3) is 0.533. The van der Waals surface area contributed by atoms with Crippen molar-refractivity contribution >= 4 is 11.6 Å². The SMILES string of the molecule is COc1ccc(N)cc1C(=O)NCC1CCCCN1C. The zero-order valence-corrected chi connectivity index (χ0v) is 12.2. The number of amides is 1. The Morgan fingerprint density at radius 3 is 3.00 bits per heavy atom. The van der Waals surface area contributed by atoms with Crippen molar-refractivity contribution in [3.63, 3.8) is 0 Å². The minimum absolute atomic E-state index is 0.131. The molecule has 5 heteroatoms. The highest BCUT2D eigenvalue weighted by Crippen LogP contribution is 2.21. The van der Waals surface area contributed by atoms with Crippen LogP contribution in [-0.4, -0.2) is 44.1 Å². The first-order chi connectivity index (χ1) is 9.61. The highest BCUT2D eigenvalue weighted by atomic mass is 16.5. The molecule has 0 spiro atoms. The second kappa shape index (κ2) is 6.61. The van der Waals surface area contributed by atoms with Gasteiger partial charge in [0.1, 0.15) is 5.75 Å². The summed E-state index contributed by atoms with van der Waals surface area (Å²) in [5.74, 6) is 0.418. The Hall–Kier alpha value is -1.75. The second-order valence-corrected chi connectivity index (χ2v) is 5.30. The van der Waals surface area contributed by atoms with Crippen LogP contribution in [0.5, 0.6) is 5.75 Å². The number of carbonyl (C=O) groups excluding carboxylic acids is 1. The van der Waals surface area contributed by atoms with Gasteiger partial charge in [0, 0.05) is 18.3 Å². The Balaban J connectivity index is 1.99. The first kappa shape index (κ1) is 14.7. The van der Waals surface area contributed by atoms with E-state index in [-0.39, 0.29) is 5.91 Å². The first-order valence-electron chi connectivity index (χ1n) is 7.03. The number of carbonyl (C=O) groups is 1. The molecule has 0 aliphatic carbocycles. The molecule has 5 nitrogen and oxygen atoms in total. The number of ether oxygens (including phenoxy) is 1. The Labute approximate surface area is 120 Å². The normalized spacial score (nSPS) is 19.6. The highest BCUT2D eigenvalue weighted by Gasteiger charge is 2.20. The number of rotatable bonds is 4. The molecule has 1 amide bonds. The number of hydrogen-bond donors (Lipinski definition) is 2. The summed E-state index contributed by atoms with van der Waals surface area (Å²) in [5, 5.41) is 2.98. The molecule has 1 saturated heterocycles. The fourth-order valence-corrected chi connectivity index (χ4v) is 2.61. The van der Waals surface area contributed by atoms with Gasteiger partial charge in [0.2, 0.25) is 0 Å². The van der Waals surface area contributed by atoms with Gasteiger partial charge in [-0.1, -0.05) is 6.42 Å². The highest BCUT2D eigenvalue weighted by molar-refractivity contribution is 5.97. The Kier molecular flexibility index (Phi) is 4.84. The number of nitrogens with zero attached hydrogens (tertiary/aromatic N) is 1. The zero-order chi connectivity index (χ0) is 14.5. The van der Waals surface area contributed by atoms with Gasteiger partial charge in [0.25, 0.3) is 5.91 Å². The number of hydrogen-bond acceptors (Lipinski definition) is 4. The van der Waals surface area contributed by atoms with E-state index in [1.54, 1.807) is 25.3 Å². The molecule has 1 aromatic rings. The quantitative estimate of drug-likeness (QED) is 0.818. The topological polar surface area (TPSA) is 67.6 Å². The summed E-state index contributed by atoms with van der Waals surface area (Å²) in [5.41, 5.74) is 6.79. The average Bonchev–Trinajstić information content (AvgIpc) is 2.46. The Morgan fingerprint density at radius 2 is 2.30 bits per heavy atom. The summed E-state index contributed by atoms with van der Waals surface area (Å²) in [6, 6.07) is 5.51. The van der Waals surface area contributed by atoms with Crippen molar-refractivity contribution in [2.24, 2.45) is 0 Å². The van der Waals surface area contributed by atoms with Crippen LogP contribution in [0, 0.1) is 0 Å². The van der Waals surface area contributed by atoms with Gasteiger partial charge in [-0.3, -0.25) is 4.79 Å². The number of likely N-dealkylation sites (tertiary alicyclic amines) is 1. The lowest BCUT2D eigenvalue weighted by atomic mass is 10.0. The molecular formula is C15H23N3O2. The average molecular weight is 277 g/mol. The van der Waals surface area contributed by atoms with Gasteiger partial charge in [0.15, 0.2) is 0 Å². The lowest BCUT2D eigenvalue weighted by Gasteiger charge is -2.32. The van der Waals surface area contributed by atoms with E-state index in [1.807, 2.05) is 0 Å². The van der Waals surface area contributed by atoms with Crippen LogP contribution >= 0.6 is 0 Å². The van der Waals surface area contributed by atoms with E-state index in [4.69, 9.17) is 10.5 Å². The van der Waals surface area contributed by atoms with E-state index in [0.29, 0.717) is 29.6 Å². The van der Waals surface area contributed by atoms with Gasteiger partial charge in [-0.2, -0.15) is 0 Å². The first-order valence-corrected chi connectivity index (χ1v) is 7.03. The molecule has 0 aromatic heterocycles. The van der Waals surface area contributed by atoms with Crippen LogP contribution < -0.4 is 15.8 Å². The predicted octanol–water partition coefficient (Wildman–Crippen LogP) is 1.49. The molecule has 20 heavy (non-hydrogen) atoms. The molecule has 3 N–H and O–H groups in total. The van der Waals surface area contributed by atoms with E-state index in [9.17, 15) is 4.79 Å². The van der Waals surface area contributed by atoms with Crippen LogP contribution in [0.2, 0.25) is 0 Å². The number of benzene rings is 1. The third-order valence-electron chi connectivity index (χ3n) is 3.89. The van der Waals surface area contributed by atoms with Crippen LogP contribution in [0.25, 0.3) is 0 Å². The summed E-state index contributed by atoms with van der Waals surface area (Å²) >= 11 is 0. The van der Waals surface area contributed by atoms with Crippen molar-refractivity contribution < 1.29 is 9.53 Å². The van der Waals surface area contributed by atoms with Crippen molar-refractivity contribution in [3.05, 3.63) is 23.8 Å². The maximum absolute atomic E-state index is 12.3. The summed E-state index contributed by atoms with van der Waals surface area (Å²) in [6.07, 6.45) is 3.60. The molecule has 1 aliphatic rings. The van der Waals surface area contributed by atoms with Crippen molar-refractivity contribution in [3.8, 4) is 5.75 Å². The molecule has 0 radical (unpaired) electrons. The number of piperidine rings is 1. The van der Waals surface area contributed by atoms with Gasteiger partial charge in [-0.05, 0) is 44.6 Å². The van der Waals surface area contributed by atoms with E-state index in [2.05, 4.69) is 17.3 Å². The third-order valence-corrected chi connectivity index (χ3v) is 3.89. The Morgan fingerprint density at radius 1 is 1.50 bits per heavy atom. The molecule has 1 heterocycles. The molecule has 1 atom stereocenters. The predicted molar refractivity (Wildman–Crippen MR) is 80.0 cm³/mol. The number of methoxy groups -OCH3 is 1. The van der Waals surface area contributed by atoms with E-state index < -0.39 is 0 Å². The van der Waals surface area contributed by atoms with Crippen LogP contribution in [0.15, 0.2) is 18.2 Å². The van der Waals surface area contributed by atoms with Crippen LogP contribution in [0.3, 0.4) is 0 Å². The van der Waals surface area contributed by atoms with Crippen LogP contribution in [0.4, 0.5) is 5.69 Å². The number of nitrogens with two attached hydrogens (primary N) is 1. The number of anilines is 1. The van der Waals surface area contributed by atoms with E-state index >= 15 is 0 Å². The monoisotopic (exact) mass is 277 g/mol. The van der Waals surface area contributed by atoms with Gasteiger partial charge in [-0.15, -0.1) is 0 Å². The molecule has 1 aromatic carbocycles. The van der Waals surface area contributed by atoms with Crippen molar-refractivity contribution in [2.45, 2.75) is 25.3 Å². The van der Waals surface area contributed by atoms with E-state index in [1.165, 1.54) is 12.8 Å². The standard InChI is InChI=1S/C15H23N3O2/c1-18-8-4-3-5-12(18)10-17-15(19)13-9-11(16)6-7-14(13)20-2/h6-7,9,12H,3-5,8,10,16H2,1-2H3,(H,17,19). The fourth-order valence-electron chi connectivity index (χ4n) is 2.61. The maximum Gasteiger partial charge on any atom is 0.255 e. The van der Waals surface area contributed by atoms with Gasteiger partial charge < -0.3 is 20.7 Å². The summed E-state index contributed by atoms with van der Waals surface area (Å²) in [7, 11) is 3.66. The second-order valence-electron chi connectivity index (χ2n) is 5.30. The smallest absolute Gasteiger partial charge is 0.255 e. The number of nitrogen functional groups attached to an aromatic ring is 1. The molecule has 110 valence electrons. The Bertz CT molecular complexity index is 476. The zero-order valence-electron chi connectivity index (χ0n) is 12.2. The van der Waals surface area contributed by atoms with Crippen molar-refractivity contribution in [1.82, 2.24) is 10.2 Å². The number of likely N-dealkylation sites (N-methyl/N-ethyl adjacent to an activating group) is 1. The number of nitrogens with one attached hydrogen (secondary N) is 1. The largest absolute Gasteiger partial charge is 0.496 e. The van der Waals surface area contributed by atoms with Crippen LogP contribution in [0.1, 0.15) is 29.6 Å². The minimum Gasteiger partial charge on any atom is -0.496 e. The summed E-state index contributed by atoms with van der Waals surface area (Å²) < 4.78 is 5.21. The van der Waals surface area contributed by atoms with Gasteiger partial charge >= 0.3 is 0 Å². The van der Waals surface area contributed by atoms with Crippen molar-refractivity contribution in [1.29, 1.82) is 0 Å². The molecule has 2 rings (SSSR count). The molecule has 0 saturated carbocycles. The van der Waals surface area contributed by atoms with E-state index in [0.717, 1.165) is 13.0 Å². The van der Waals surface area contributed by atoms with Gasteiger partial charge in [0.05, 0.1) is 12.7 Å². The molecule has 1 fully saturated rings. The molecular weight excluding hydrogens is 254 g/mol. The van der Waals surface area contributed by atoms with Crippen molar-refractivity contribution in [2.75, 3.05) is 33.0 Å². The lowest BCUT2D eigenvalue weighted by molar-refractivity contribution is 0.0925. The third kappa shape index (κ3) is 3.42. The molecule has 0 bridgehead atoms. The lowest BCUT2D eigenvalue weighted by Crippen LogP contribution is -2.44. The molecule has 1 aliphatic heterocycles. The summed E-state index contributed by atoms with van der Waals surface area (Å²) in [4.78, 5) is 14.6. The minimum atomic E-state index is -0.131. The van der Waals surface area contributed by atoms with Gasteiger partial charge in [-0.25, -0.2) is 0 Å². The maximum atomic E-state index is 12.3. The summed E-state index contributed by atoms with van der Waals surface area (Å²) in [6.45, 7) is 1.76. The molecule has 1 unspecified atom stereocenters. The van der Waals surface area contributed by atoms with Crippen LogP contribution in [-0.2, 0) is 0 Å².